The number of benzene rings is 1. The van der Waals surface area contributed by atoms with Gasteiger partial charge in [-0.15, -0.1) is 0 Å². The zero-order valence-corrected chi connectivity index (χ0v) is 14.2. The fraction of sp³-hybridized carbons (Fsp3) is 0.429. The molecule has 0 saturated carbocycles. The van der Waals surface area contributed by atoms with Gasteiger partial charge < -0.3 is 9.84 Å². The van der Waals surface area contributed by atoms with Crippen LogP contribution in [0.25, 0.3) is 0 Å². The summed E-state index contributed by atoms with van der Waals surface area (Å²) in [6, 6.07) is -0.144. The van der Waals surface area contributed by atoms with Gasteiger partial charge in [0.2, 0.25) is 10.0 Å². The normalized spacial score (nSPS) is 13.6. The maximum absolute atomic E-state index is 12.9. The van der Waals surface area contributed by atoms with Gasteiger partial charge in [0.1, 0.15) is 6.04 Å². The Morgan fingerprint density at radius 2 is 1.80 bits per heavy atom. The summed E-state index contributed by atoms with van der Waals surface area (Å²) >= 11 is 0. The Labute approximate surface area is 141 Å². The Kier molecular flexibility index (Phi) is 6.19. The minimum atomic E-state index is -4.86. The molecule has 0 fully saturated rings. The van der Waals surface area contributed by atoms with E-state index in [9.17, 15) is 31.2 Å². The lowest BCUT2D eigenvalue weighted by molar-refractivity contribution is -0.140. The summed E-state index contributed by atoms with van der Waals surface area (Å²) in [7, 11) is -3.82. The maximum Gasteiger partial charge on any atom is 0.416 e. The fourth-order valence-electron chi connectivity index (χ4n) is 1.90. The van der Waals surface area contributed by atoms with Crippen molar-refractivity contribution in [1.82, 2.24) is 4.72 Å². The molecule has 0 unspecified atom stereocenters. The van der Waals surface area contributed by atoms with E-state index >= 15 is 0 Å². The van der Waals surface area contributed by atoms with Gasteiger partial charge in [-0.1, -0.05) is 13.8 Å². The summed E-state index contributed by atoms with van der Waals surface area (Å²) in [5, 5.41) is 9.06. The average molecular weight is 383 g/mol. The molecule has 0 aliphatic carbocycles. The lowest BCUT2D eigenvalue weighted by atomic mass is 10.1. The Hall–Kier alpha value is -2.14. The number of halogens is 3. The van der Waals surface area contributed by atoms with Crippen LogP contribution in [0.5, 0.6) is 0 Å². The number of nitrogens with one attached hydrogen (secondary N) is 1. The van der Waals surface area contributed by atoms with E-state index in [1.807, 2.05) is 0 Å². The second kappa shape index (κ2) is 7.40. The number of methoxy groups -OCH3 is 1. The van der Waals surface area contributed by atoms with Crippen molar-refractivity contribution in [3.05, 3.63) is 29.3 Å². The highest BCUT2D eigenvalue weighted by atomic mass is 32.2. The third-order valence-electron chi connectivity index (χ3n) is 3.22. The van der Waals surface area contributed by atoms with Crippen LogP contribution < -0.4 is 4.72 Å². The predicted octanol–water partition coefficient (Wildman–Crippen LogP) is 1.88. The third-order valence-corrected chi connectivity index (χ3v) is 4.70. The number of carbonyl (C=O) groups excluding carboxylic acids is 1. The summed E-state index contributed by atoms with van der Waals surface area (Å²) in [6.07, 6.45) is -4.86. The first-order valence-corrected chi connectivity index (χ1v) is 8.34. The monoisotopic (exact) mass is 383 g/mol. The van der Waals surface area contributed by atoms with Crippen LogP contribution in [0.3, 0.4) is 0 Å². The number of alkyl halides is 3. The molecule has 0 bridgehead atoms. The predicted molar refractivity (Wildman–Crippen MR) is 79.4 cm³/mol. The largest absolute Gasteiger partial charge is 0.480 e. The molecule has 25 heavy (non-hydrogen) atoms. The van der Waals surface area contributed by atoms with Gasteiger partial charge in [0.25, 0.3) is 0 Å². The maximum atomic E-state index is 12.9. The van der Waals surface area contributed by atoms with Gasteiger partial charge in [-0.3, -0.25) is 4.79 Å². The van der Waals surface area contributed by atoms with Crippen LogP contribution in [0.2, 0.25) is 0 Å². The summed E-state index contributed by atoms with van der Waals surface area (Å²) in [5.74, 6) is -3.38. The standard InChI is InChI=1S/C14H16F3NO6S/c1-7(2)11(12(19)20)18-25(22,23)10-6-8(14(15,16)17)4-5-9(10)13(21)24-3/h4-7,11,18H,1-3H3,(H,19,20)/t11-/m1/s1. The number of hydrogen-bond acceptors (Lipinski definition) is 5. The molecule has 7 nitrogen and oxygen atoms in total. The molecule has 0 saturated heterocycles. The molecule has 0 aromatic heterocycles. The molecule has 2 N–H and O–H groups in total. The molecule has 0 aliphatic rings. The van der Waals surface area contributed by atoms with Gasteiger partial charge in [0.15, 0.2) is 0 Å². The van der Waals surface area contributed by atoms with Gasteiger partial charge in [0.05, 0.1) is 23.1 Å². The first kappa shape index (κ1) is 20.9. The molecule has 1 rings (SSSR count). The van der Waals surface area contributed by atoms with E-state index in [0.29, 0.717) is 12.1 Å². The highest BCUT2D eigenvalue weighted by Crippen LogP contribution is 2.32. The Bertz CT molecular complexity index is 773. The molecular formula is C14H16F3NO6S. The van der Waals surface area contributed by atoms with E-state index in [-0.39, 0.29) is 6.07 Å². The van der Waals surface area contributed by atoms with Gasteiger partial charge in [0, 0.05) is 0 Å². The zero-order chi connectivity index (χ0) is 19.6. The highest BCUT2D eigenvalue weighted by molar-refractivity contribution is 7.89. The highest BCUT2D eigenvalue weighted by Gasteiger charge is 2.36. The molecule has 1 atom stereocenters. The van der Waals surface area contributed by atoms with E-state index in [0.717, 1.165) is 7.11 Å². The number of hydrogen-bond donors (Lipinski definition) is 2. The molecule has 1 aromatic carbocycles. The Morgan fingerprint density at radius 1 is 1.24 bits per heavy atom. The second-order valence-electron chi connectivity index (χ2n) is 5.38. The van der Waals surface area contributed by atoms with Crippen molar-refractivity contribution >= 4 is 22.0 Å². The van der Waals surface area contributed by atoms with E-state index in [1.165, 1.54) is 13.8 Å². The smallest absolute Gasteiger partial charge is 0.416 e. The molecule has 140 valence electrons. The van der Waals surface area contributed by atoms with Crippen molar-refractivity contribution in [2.45, 2.75) is 31.0 Å². The quantitative estimate of drug-likeness (QED) is 0.726. The molecule has 11 heteroatoms. The summed E-state index contributed by atoms with van der Waals surface area (Å²) in [6.45, 7) is 2.82. The Morgan fingerprint density at radius 3 is 2.20 bits per heavy atom. The van der Waals surface area contributed by atoms with E-state index in [4.69, 9.17) is 5.11 Å². The number of sulfonamides is 1. The number of carboxylic acids is 1. The second-order valence-corrected chi connectivity index (χ2v) is 7.06. The van der Waals surface area contributed by atoms with Gasteiger partial charge in [-0.05, 0) is 24.1 Å². The van der Waals surface area contributed by atoms with E-state index < -0.39 is 56.1 Å². The van der Waals surface area contributed by atoms with E-state index in [1.54, 1.807) is 4.72 Å². The molecular weight excluding hydrogens is 367 g/mol. The first-order chi connectivity index (χ1) is 11.3. The number of rotatable bonds is 6. The molecule has 1 aromatic rings. The van der Waals surface area contributed by atoms with Crippen LogP contribution in [0.15, 0.2) is 23.1 Å². The summed E-state index contributed by atoms with van der Waals surface area (Å²) < 4.78 is 69.6. The SMILES string of the molecule is COC(=O)c1ccc(C(F)(F)F)cc1S(=O)(=O)N[C@@H](C(=O)O)C(C)C. The van der Waals surface area contributed by atoms with Crippen molar-refractivity contribution in [2.24, 2.45) is 5.92 Å². The molecule has 0 spiro atoms. The van der Waals surface area contributed by atoms with Crippen molar-refractivity contribution in [3.63, 3.8) is 0 Å². The molecule has 0 radical (unpaired) electrons. The summed E-state index contributed by atoms with van der Waals surface area (Å²) in [4.78, 5) is 21.8. The van der Waals surface area contributed by atoms with Crippen molar-refractivity contribution < 1.29 is 41.0 Å². The first-order valence-electron chi connectivity index (χ1n) is 6.86. The summed E-state index contributed by atoms with van der Waals surface area (Å²) in [5.41, 5.74) is -1.95. The fourth-order valence-corrected chi connectivity index (χ4v) is 3.46. The zero-order valence-electron chi connectivity index (χ0n) is 13.4. The van der Waals surface area contributed by atoms with Crippen LogP contribution >= 0.6 is 0 Å². The van der Waals surface area contributed by atoms with Crippen molar-refractivity contribution in [1.29, 1.82) is 0 Å². The van der Waals surface area contributed by atoms with Crippen molar-refractivity contribution in [2.75, 3.05) is 7.11 Å². The molecule has 0 amide bonds. The van der Waals surface area contributed by atoms with E-state index in [2.05, 4.69) is 4.74 Å². The van der Waals surface area contributed by atoms with Crippen LogP contribution in [0.4, 0.5) is 13.2 Å². The number of carboxylic acid groups (broad SMARTS) is 1. The minimum Gasteiger partial charge on any atom is -0.480 e. The molecule has 0 heterocycles. The van der Waals surface area contributed by atoms with Gasteiger partial charge >= 0.3 is 18.1 Å². The number of esters is 1. The topological polar surface area (TPSA) is 110 Å². The van der Waals surface area contributed by atoms with Crippen LogP contribution in [-0.4, -0.2) is 38.6 Å². The molecule has 0 aliphatic heterocycles. The lowest BCUT2D eigenvalue weighted by Crippen LogP contribution is -2.44. The lowest BCUT2D eigenvalue weighted by Gasteiger charge is -2.19. The third kappa shape index (κ3) is 4.92. The van der Waals surface area contributed by atoms with Gasteiger partial charge in [-0.2, -0.15) is 17.9 Å². The number of ether oxygens (including phenoxy) is 1. The van der Waals surface area contributed by atoms with Crippen LogP contribution in [0, 0.1) is 5.92 Å². The number of aliphatic carboxylic acids is 1. The average Bonchev–Trinajstić information content (AvgIpc) is 2.49. The van der Waals surface area contributed by atoms with Crippen LogP contribution in [0.1, 0.15) is 29.8 Å². The van der Waals surface area contributed by atoms with Crippen molar-refractivity contribution in [3.8, 4) is 0 Å². The minimum absolute atomic E-state index is 0.258. The number of carbonyl (C=O) groups is 2. The van der Waals surface area contributed by atoms with Crippen LogP contribution in [-0.2, 0) is 25.7 Å². The Balaban J connectivity index is 3.54. The van der Waals surface area contributed by atoms with Gasteiger partial charge in [-0.25, -0.2) is 13.2 Å².